The molecule has 0 amide bonds. The van der Waals surface area contributed by atoms with E-state index < -0.39 is 11.5 Å². The zero-order valence-electron chi connectivity index (χ0n) is 10.9. The lowest BCUT2D eigenvalue weighted by Gasteiger charge is -2.12. The number of alkyl halides is 2. The highest BCUT2D eigenvalue weighted by Crippen LogP contribution is 2.57. The van der Waals surface area contributed by atoms with Crippen LogP contribution in [0.5, 0.6) is 5.75 Å². The minimum atomic E-state index is -2.79. The van der Waals surface area contributed by atoms with Gasteiger partial charge in [0.15, 0.2) is 0 Å². The van der Waals surface area contributed by atoms with Crippen molar-refractivity contribution in [3.05, 3.63) is 65.7 Å². The predicted molar refractivity (Wildman–Crippen MR) is 72.6 cm³/mol. The van der Waals surface area contributed by atoms with E-state index in [0.717, 1.165) is 5.56 Å². The Labute approximate surface area is 116 Å². The molecule has 1 saturated carbocycles. The molecule has 2 aromatic carbocycles. The topological polar surface area (TPSA) is 35.2 Å². The number of benzene rings is 2. The van der Waals surface area contributed by atoms with Crippen LogP contribution in [0.25, 0.3) is 0 Å². The fraction of sp³-hybridized carbons (Fsp3) is 0.250. The first kappa shape index (κ1) is 13.1. The lowest BCUT2D eigenvalue weighted by atomic mass is 10.1. The van der Waals surface area contributed by atoms with E-state index in [1.165, 1.54) is 0 Å². The highest BCUT2D eigenvalue weighted by molar-refractivity contribution is 5.39. The molecule has 1 aliphatic carbocycles. The highest BCUT2D eigenvalue weighted by atomic mass is 19.3. The van der Waals surface area contributed by atoms with E-state index >= 15 is 0 Å². The molecular formula is C16H15F2NO. The zero-order chi connectivity index (χ0) is 14.2. The van der Waals surface area contributed by atoms with Crippen LogP contribution in [-0.2, 0) is 12.1 Å². The van der Waals surface area contributed by atoms with E-state index in [1.807, 2.05) is 30.3 Å². The van der Waals surface area contributed by atoms with Crippen molar-refractivity contribution in [1.29, 1.82) is 0 Å². The van der Waals surface area contributed by atoms with Crippen LogP contribution >= 0.6 is 0 Å². The first-order valence-electron chi connectivity index (χ1n) is 6.45. The Morgan fingerprint density at radius 3 is 2.15 bits per heavy atom. The summed E-state index contributed by atoms with van der Waals surface area (Å²) in [7, 11) is 0. The molecule has 0 spiro atoms. The molecule has 0 aromatic heterocycles. The van der Waals surface area contributed by atoms with Crippen LogP contribution in [0.15, 0.2) is 54.6 Å². The number of hydrogen-bond donors (Lipinski definition) is 1. The molecule has 2 N–H and O–H groups in total. The molecule has 4 heteroatoms. The summed E-state index contributed by atoms with van der Waals surface area (Å²) in [5.41, 5.74) is 5.68. The summed E-state index contributed by atoms with van der Waals surface area (Å²) < 4.78 is 32.0. The summed E-state index contributed by atoms with van der Waals surface area (Å²) in [6, 6.07) is 16.3. The van der Waals surface area contributed by atoms with Crippen LogP contribution in [0.1, 0.15) is 17.5 Å². The molecular weight excluding hydrogens is 260 g/mol. The van der Waals surface area contributed by atoms with E-state index in [2.05, 4.69) is 0 Å². The van der Waals surface area contributed by atoms with Crippen LogP contribution in [0.4, 0.5) is 8.78 Å². The largest absolute Gasteiger partial charge is 0.489 e. The molecule has 0 aliphatic heterocycles. The van der Waals surface area contributed by atoms with Gasteiger partial charge in [0.05, 0.1) is 0 Å². The summed E-state index contributed by atoms with van der Waals surface area (Å²) in [6.45, 7) is 0.449. The zero-order valence-corrected chi connectivity index (χ0v) is 10.9. The van der Waals surface area contributed by atoms with Gasteiger partial charge in [0.25, 0.3) is 5.92 Å². The second-order valence-electron chi connectivity index (χ2n) is 5.15. The summed E-state index contributed by atoms with van der Waals surface area (Å²) in [5, 5.41) is 0. The number of rotatable bonds is 4. The van der Waals surface area contributed by atoms with Crippen molar-refractivity contribution in [2.75, 3.05) is 0 Å². The van der Waals surface area contributed by atoms with E-state index in [9.17, 15) is 8.78 Å². The quantitative estimate of drug-likeness (QED) is 0.927. The summed E-state index contributed by atoms with van der Waals surface area (Å²) in [6.07, 6.45) is -0.287. The maximum absolute atomic E-state index is 13.2. The SMILES string of the molecule is NC1(c2ccc(OCc3ccccc3)cc2)CC1(F)F. The van der Waals surface area contributed by atoms with Crippen LogP contribution < -0.4 is 10.5 Å². The molecule has 2 nitrogen and oxygen atoms in total. The monoisotopic (exact) mass is 275 g/mol. The van der Waals surface area contributed by atoms with Gasteiger partial charge in [-0.25, -0.2) is 8.78 Å². The molecule has 0 saturated heterocycles. The fourth-order valence-electron chi connectivity index (χ4n) is 2.21. The highest BCUT2D eigenvalue weighted by Gasteiger charge is 2.69. The van der Waals surface area contributed by atoms with E-state index in [1.54, 1.807) is 24.3 Å². The minimum absolute atomic E-state index is 0.287. The number of nitrogens with two attached hydrogens (primary N) is 1. The van der Waals surface area contributed by atoms with Crippen LogP contribution in [0.3, 0.4) is 0 Å². The van der Waals surface area contributed by atoms with E-state index in [-0.39, 0.29) is 6.42 Å². The van der Waals surface area contributed by atoms with Gasteiger partial charge in [-0.2, -0.15) is 0 Å². The molecule has 20 heavy (non-hydrogen) atoms. The van der Waals surface area contributed by atoms with E-state index in [4.69, 9.17) is 10.5 Å². The van der Waals surface area contributed by atoms with Gasteiger partial charge in [0.1, 0.15) is 17.9 Å². The average Bonchev–Trinajstić information content (AvgIpc) is 2.98. The van der Waals surface area contributed by atoms with E-state index in [0.29, 0.717) is 17.9 Å². The predicted octanol–water partition coefficient (Wildman–Crippen LogP) is 3.46. The normalized spacial score (nSPS) is 23.4. The Bertz CT molecular complexity index is 598. The van der Waals surface area contributed by atoms with Crippen LogP contribution in [0, 0.1) is 0 Å². The number of ether oxygens (including phenoxy) is 1. The second kappa shape index (κ2) is 4.56. The van der Waals surface area contributed by atoms with Crippen molar-refractivity contribution in [3.63, 3.8) is 0 Å². The van der Waals surface area contributed by atoms with Gasteiger partial charge in [0, 0.05) is 6.42 Å². The van der Waals surface area contributed by atoms with Gasteiger partial charge < -0.3 is 10.5 Å². The first-order valence-corrected chi connectivity index (χ1v) is 6.45. The molecule has 1 unspecified atom stereocenters. The lowest BCUT2D eigenvalue weighted by Crippen LogP contribution is -2.26. The average molecular weight is 275 g/mol. The van der Waals surface area contributed by atoms with Crippen LogP contribution in [-0.4, -0.2) is 5.92 Å². The summed E-state index contributed by atoms with van der Waals surface area (Å²) >= 11 is 0. The molecule has 104 valence electrons. The van der Waals surface area contributed by atoms with Crippen LogP contribution in [0.2, 0.25) is 0 Å². The maximum atomic E-state index is 13.2. The van der Waals surface area contributed by atoms with Gasteiger partial charge in [-0.1, -0.05) is 42.5 Å². The molecule has 1 fully saturated rings. The Kier molecular flexibility index (Phi) is 2.98. The van der Waals surface area contributed by atoms with Gasteiger partial charge in [0.2, 0.25) is 0 Å². The lowest BCUT2D eigenvalue weighted by molar-refractivity contribution is 0.0891. The number of hydrogen-bond acceptors (Lipinski definition) is 2. The third-order valence-electron chi connectivity index (χ3n) is 3.65. The molecule has 0 heterocycles. The van der Waals surface area contributed by atoms with Crippen molar-refractivity contribution in [2.24, 2.45) is 5.73 Å². The van der Waals surface area contributed by atoms with Gasteiger partial charge in [-0.15, -0.1) is 0 Å². The van der Waals surface area contributed by atoms with Gasteiger partial charge in [-0.05, 0) is 23.3 Å². The molecule has 0 bridgehead atoms. The maximum Gasteiger partial charge on any atom is 0.272 e. The third-order valence-corrected chi connectivity index (χ3v) is 3.65. The van der Waals surface area contributed by atoms with Gasteiger partial charge >= 0.3 is 0 Å². The summed E-state index contributed by atoms with van der Waals surface area (Å²) in [4.78, 5) is 0. The van der Waals surface area contributed by atoms with Crippen molar-refractivity contribution in [2.45, 2.75) is 24.5 Å². The molecule has 1 aliphatic rings. The molecule has 1 atom stereocenters. The first-order chi connectivity index (χ1) is 9.51. The van der Waals surface area contributed by atoms with Crippen molar-refractivity contribution in [3.8, 4) is 5.75 Å². The van der Waals surface area contributed by atoms with Crippen molar-refractivity contribution in [1.82, 2.24) is 0 Å². The Balaban J connectivity index is 1.66. The fourth-order valence-corrected chi connectivity index (χ4v) is 2.21. The Hall–Kier alpha value is -1.94. The molecule has 3 rings (SSSR count). The standard InChI is InChI=1S/C16H15F2NO/c17-16(18)11-15(16,19)13-6-8-14(9-7-13)20-10-12-4-2-1-3-5-12/h1-9H,10-11,19H2. The van der Waals surface area contributed by atoms with Crippen molar-refractivity contribution < 1.29 is 13.5 Å². The Morgan fingerprint density at radius 1 is 1.00 bits per heavy atom. The minimum Gasteiger partial charge on any atom is -0.489 e. The third kappa shape index (κ3) is 2.27. The molecule has 2 aromatic rings. The second-order valence-corrected chi connectivity index (χ2v) is 5.15. The molecule has 0 radical (unpaired) electrons. The van der Waals surface area contributed by atoms with Gasteiger partial charge in [-0.3, -0.25) is 0 Å². The summed E-state index contributed by atoms with van der Waals surface area (Å²) in [5.74, 6) is -2.15. The van der Waals surface area contributed by atoms with Crippen molar-refractivity contribution >= 4 is 0 Å². The number of halogens is 2. The Morgan fingerprint density at radius 2 is 1.60 bits per heavy atom. The smallest absolute Gasteiger partial charge is 0.272 e.